The zero-order chi connectivity index (χ0) is 17.4. The zero-order valence-electron chi connectivity index (χ0n) is 15.1. The molecule has 2 saturated heterocycles. The zero-order valence-corrected chi connectivity index (χ0v) is 15.9. The monoisotopic (exact) mass is 358 g/mol. The summed E-state index contributed by atoms with van der Waals surface area (Å²) in [5, 5.41) is 1.12. The molecule has 0 radical (unpaired) electrons. The molecule has 1 atom stereocenters. The Balaban J connectivity index is 1.59. The summed E-state index contributed by atoms with van der Waals surface area (Å²) < 4.78 is 1.25. The Morgan fingerprint density at radius 2 is 2.04 bits per heavy atom. The highest BCUT2D eigenvalue weighted by molar-refractivity contribution is 7.22. The van der Waals surface area contributed by atoms with Crippen molar-refractivity contribution >= 4 is 32.6 Å². The van der Waals surface area contributed by atoms with E-state index in [1.165, 1.54) is 4.70 Å². The molecule has 0 saturated carbocycles. The molecule has 1 amide bonds. The molecule has 3 heterocycles. The van der Waals surface area contributed by atoms with Gasteiger partial charge in [0.15, 0.2) is 5.13 Å². The Bertz CT molecular complexity index is 743. The van der Waals surface area contributed by atoms with Gasteiger partial charge in [-0.15, -0.1) is 0 Å². The highest BCUT2D eigenvalue weighted by Gasteiger charge is 2.42. The SMILES string of the molecule is CCN1CCC2(CCC1=O)CN(c1nc3ccccc3s1)CCN2C. The first-order chi connectivity index (χ1) is 12.1. The predicted molar refractivity (Wildman–Crippen MR) is 103 cm³/mol. The molecule has 134 valence electrons. The molecule has 1 aromatic carbocycles. The summed E-state index contributed by atoms with van der Waals surface area (Å²) in [5.41, 5.74) is 1.17. The number of thiazole rings is 1. The van der Waals surface area contributed by atoms with Gasteiger partial charge in [-0.05, 0) is 38.9 Å². The van der Waals surface area contributed by atoms with Crippen LogP contribution in [0.2, 0.25) is 0 Å². The van der Waals surface area contributed by atoms with E-state index in [0.29, 0.717) is 12.3 Å². The number of amides is 1. The first-order valence-corrected chi connectivity index (χ1v) is 10.0. The van der Waals surface area contributed by atoms with Crippen LogP contribution in [-0.4, -0.2) is 66.0 Å². The minimum Gasteiger partial charge on any atom is -0.345 e. The van der Waals surface area contributed by atoms with Crippen molar-refractivity contribution in [3.63, 3.8) is 0 Å². The molecule has 2 aliphatic rings. The second kappa shape index (κ2) is 6.57. The smallest absolute Gasteiger partial charge is 0.222 e. The van der Waals surface area contributed by atoms with Gasteiger partial charge in [-0.1, -0.05) is 23.5 Å². The third-order valence-corrected chi connectivity index (χ3v) is 7.04. The van der Waals surface area contributed by atoms with Crippen LogP contribution in [0.15, 0.2) is 24.3 Å². The lowest BCUT2D eigenvalue weighted by atomic mass is 9.86. The van der Waals surface area contributed by atoms with E-state index in [0.717, 1.165) is 56.2 Å². The first kappa shape index (κ1) is 16.8. The van der Waals surface area contributed by atoms with E-state index >= 15 is 0 Å². The number of carbonyl (C=O) groups is 1. The van der Waals surface area contributed by atoms with Crippen LogP contribution in [0.4, 0.5) is 5.13 Å². The second-order valence-corrected chi connectivity index (χ2v) is 8.26. The lowest BCUT2D eigenvalue weighted by Gasteiger charge is -2.49. The summed E-state index contributed by atoms with van der Waals surface area (Å²) in [6.45, 7) is 6.76. The van der Waals surface area contributed by atoms with Gasteiger partial charge >= 0.3 is 0 Å². The number of anilines is 1. The number of hydrogen-bond acceptors (Lipinski definition) is 5. The molecule has 1 unspecified atom stereocenters. The molecule has 0 N–H and O–H groups in total. The van der Waals surface area contributed by atoms with Crippen molar-refractivity contribution < 1.29 is 4.79 Å². The van der Waals surface area contributed by atoms with Gasteiger partial charge in [0.25, 0.3) is 0 Å². The number of para-hydroxylation sites is 1. The molecule has 5 nitrogen and oxygen atoms in total. The molecule has 2 fully saturated rings. The molecular weight excluding hydrogens is 332 g/mol. The highest BCUT2D eigenvalue weighted by Crippen LogP contribution is 2.36. The molecule has 4 rings (SSSR count). The van der Waals surface area contributed by atoms with E-state index < -0.39 is 0 Å². The number of piperazine rings is 1. The van der Waals surface area contributed by atoms with Crippen LogP contribution in [0.5, 0.6) is 0 Å². The number of rotatable bonds is 2. The standard InChI is InChI=1S/C19H26N4OS/c1-3-22-11-10-19(9-8-17(22)24)14-23(13-12-21(19)2)18-20-15-6-4-5-7-16(15)25-18/h4-7H,3,8-14H2,1-2H3. The Labute approximate surface area is 153 Å². The fraction of sp³-hybridized carbons (Fsp3) is 0.579. The van der Waals surface area contributed by atoms with E-state index in [1.54, 1.807) is 11.3 Å². The van der Waals surface area contributed by atoms with E-state index in [4.69, 9.17) is 4.98 Å². The fourth-order valence-corrected chi connectivity index (χ4v) is 5.18. The van der Waals surface area contributed by atoms with Crippen LogP contribution in [0.1, 0.15) is 26.2 Å². The number of fused-ring (bicyclic) bond motifs is 1. The number of benzene rings is 1. The maximum atomic E-state index is 12.3. The normalized spacial score (nSPS) is 25.8. The topological polar surface area (TPSA) is 39.7 Å². The van der Waals surface area contributed by atoms with E-state index in [-0.39, 0.29) is 5.54 Å². The Morgan fingerprint density at radius 3 is 2.84 bits per heavy atom. The first-order valence-electron chi connectivity index (χ1n) is 9.21. The van der Waals surface area contributed by atoms with Crippen molar-refractivity contribution in [1.82, 2.24) is 14.8 Å². The van der Waals surface area contributed by atoms with Gasteiger partial charge in [0.1, 0.15) is 0 Å². The highest BCUT2D eigenvalue weighted by atomic mass is 32.1. The number of carbonyl (C=O) groups excluding carboxylic acids is 1. The Kier molecular flexibility index (Phi) is 4.41. The largest absolute Gasteiger partial charge is 0.345 e. The van der Waals surface area contributed by atoms with Crippen molar-refractivity contribution in [2.45, 2.75) is 31.7 Å². The minimum atomic E-state index is 0.0791. The van der Waals surface area contributed by atoms with Crippen LogP contribution in [0.25, 0.3) is 10.2 Å². The van der Waals surface area contributed by atoms with Crippen LogP contribution in [0, 0.1) is 0 Å². The van der Waals surface area contributed by atoms with Gasteiger partial charge in [-0.2, -0.15) is 0 Å². The molecule has 6 heteroatoms. The van der Waals surface area contributed by atoms with Gasteiger partial charge in [-0.25, -0.2) is 4.98 Å². The Morgan fingerprint density at radius 1 is 1.20 bits per heavy atom. The number of likely N-dealkylation sites (tertiary alicyclic amines) is 1. The van der Waals surface area contributed by atoms with E-state index in [9.17, 15) is 4.79 Å². The number of nitrogens with zero attached hydrogens (tertiary/aromatic N) is 4. The van der Waals surface area contributed by atoms with Crippen LogP contribution < -0.4 is 4.90 Å². The summed E-state index contributed by atoms with van der Waals surface area (Å²) in [7, 11) is 2.22. The predicted octanol–water partition coefficient (Wildman–Crippen LogP) is 2.82. The lowest BCUT2D eigenvalue weighted by molar-refractivity contribution is -0.130. The summed E-state index contributed by atoms with van der Waals surface area (Å²) >= 11 is 1.78. The quantitative estimate of drug-likeness (QED) is 0.828. The molecule has 1 spiro atoms. The summed E-state index contributed by atoms with van der Waals surface area (Å²) in [5.74, 6) is 0.310. The lowest BCUT2D eigenvalue weighted by Crippen LogP contribution is -2.61. The third-order valence-electron chi connectivity index (χ3n) is 5.94. The average molecular weight is 359 g/mol. The van der Waals surface area contributed by atoms with Crippen LogP contribution >= 0.6 is 11.3 Å². The van der Waals surface area contributed by atoms with Crippen molar-refractivity contribution in [3.8, 4) is 0 Å². The fourth-order valence-electron chi connectivity index (χ4n) is 4.19. The minimum absolute atomic E-state index is 0.0791. The van der Waals surface area contributed by atoms with E-state index in [2.05, 4.69) is 42.0 Å². The summed E-state index contributed by atoms with van der Waals surface area (Å²) in [6.07, 6.45) is 2.65. The number of likely N-dealkylation sites (N-methyl/N-ethyl adjacent to an activating group) is 1. The molecule has 2 aromatic rings. The third kappa shape index (κ3) is 3.02. The number of hydrogen-bond donors (Lipinski definition) is 0. The van der Waals surface area contributed by atoms with Crippen molar-refractivity contribution in [3.05, 3.63) is 24.3 Å². The van der Waals surface area contributed by atoms with Gasteiger partial charge in [0.05, 0.1) is 10.2 Å². The van der Waals surface area contributed by atoms with Crippen molar-refractivity contribution in [1.29, 1.82) is 0 Å². The maximum Gasteiger partial charge on any atom is 0.222 e. The number of aromatic nitrogens is 1. The average Bonchev–Trinajstić information content (AvgIpc) is 2.99. The molecule has 2 aliphatic heterocycles. The molecular formula is C19H26N4OS. The maximum absolute atomic E-state index is 12.3. The van der Waals surface area contributed by atoms with Crippen molar-refractivity contribution in [2.75, 3.05) is 44.7 Å². The van der Waals surface area contributed by atoms with Gasteiger partial charge in [0, 0.05) is 44.7 Å². The van der Waals surface area contributed by atoms with E-state index in [1.807, 2.05) is 11.0 Å². The van der Waals surface area contributed by atoms with Gasteiger partial charge in [-0.3, -0.25) is 9.69 Å². The molecule has 0 bridgehead atoms. The van der Waals surface area contributed by atoms with Crippen molar-refractivity contribution in [2.24, 2.45) is 0 Å². The van der Waals surface area contributed by atoms with Crippen LogP contribution in [0.3, 0.4) is 0 Å². The van der Waals surface area contributed by atoms with Crippen LogP contribution in [-0.2, 0) is 4.79 Å². The van der Waals surface area contributed by atoms with Gasteiger partial charge < -0.3 is 9.80 Å². The summed E-state index contributed by atoms with van der Waals surface area (Å²) in [4.78, 5) is 24.1. The molecule has 1 aromatic heterocycles. The summed E-state index contributed by atoms with van der Waals surface area (Å²) in [6, 6.07) is 8.36. The molecule has 0 aliphatic carbocycles. The Hall–Kier alpha value is -1.66. The molecule has 25 heavy (non-hydrogen) atoms. The van der Waals surface area contributed by atoms with Gasteiger partial charge in [0.2, 0.25) is 5.91 Å². The second-order valence-electron chi connectivity index (χ2n) is 7.26.